The molecule has 3 aromatic carbocycles. The highest BCUT2D eigenvalue weighted by Gasteiger charge is 2.30. The number of hydrogen-bond acceptors (Lipinski definition) is 3. The molecule has 32 heavy (non-hydrogen) atoms. The zero-order chi connectivity index (χ0) is 22.9. The number of halogens is 2. The molecule has 166 valence electrons. The van der Waals surface area contributed by atoms with Crippen molar-refractivity contribution < 1.29 is 18.7 Å². The second kappa shape index (κ2) is 11.3. The second-order valence-corrected chi connectivity index (χ2v) is 7.65. The summed E-state index contributed by atoms with van der Waals surface area (Å²) in [6.07, 6.45) is 0.344. The van der Waals surface area contributed by atoms with Gasteiger partial charge < -0.3 is 15.0 Å². The molecule has 0 saturated heterocycles. The van der Waals surface area contributed by atoms with Gasteiger partial charge in [0.05, 0.1) is 0 Å². The maximum Gasteiger partial charge on any atom is 0.261 e. The number of nitrogens with one attached hydrogen (secondary N) is 1. The van der Waals surface area contributed by atoms with Gasteiger partial charge in [-0.15, -0.1) is 0 Å². The number of nitrogens with zero attached hydrogens (tertiary/aromatic N) is 1. The van der Waals surface area contributed by atoms with Crippen molar-refractivity contribution in [2.75, 3.05) is 13.7 Å². The van der Waals surface area contributed by atoms with Crippen LogP contribution in [0.15, 0.2) is 78.9 Å². The standard InChI is InChI=1S/C25H24ClFN2O3/c1-28-25(31)23(15-18-5-3-2-4-6-18)29(16-19-7-9-20(26)10-8-19)24(30)17-32-22-13-11-21(27)12-14-22/h2-14,23H,15-17H2,1H3,(H,28,31)/t23-/m0/s1. The van der Waals surface area contributed by atoms with Crippen LogP contribution in [0.1, 0.15) is 11.1 Å². The Hall–Kier alpha value is -3.38. The maximum atomic E-state index is 13.2. The van der Waals surface area contributed by atoms with Crippen LogP contribution < -0.4 is 10.1 Å². The molecule has 0 aromatic heterocycles. The van der Waals surface area contributed by atoms with Gasteiger partial charge in [0, 0.05) is 25.0 Å². The summed E-state index contributed by atoms with van der Waals surface area (Å²) in [6, 6.07) is 21.3. The number of amides is 2. The number of benzene rings is 3. The Morgan fingerprint density at radius 2 is 1.62 bits per heavy atom. The van der Waals surface area contributed by atoms with Gasteiger partial charge in [-0.05, 0) is 47.5 Å². The van der Waals surface area contributed by atoms with Gasteiger partial charge in [0.1, 0.15) is 17.6 Å². The summed E-state index contributed by atoms with van der Waals surface area (Å²) in [4.78, 5) is 27.5. The molecule has 0 radical (unpaired) electrons. The van der Waals surface area contributed by atoms with Crippen molar-refractivity contribution in [1.29, 1.82) is 0 Å². The van der Waals surface area contributed by atoms with Crippen LogP contribution in [0, 0.1) is 5.82 Å². The molecule has 0 aliphatic heterocycles. The molecule has 0 fully saturated rings. The van der Waals surface area contributed by atoms with Gasteiger partial charge in [-0.1, -0.05) is 54.1 Å². The number of carbonyl (C=O) groups excluding carboxylic acids is 2. The molecule has 0 aliphatic rings. The van der Waals surface area contributed by atoms with Crippen LogP contribution in [0.4, 0.5) is 4.39 Å². The van der Waals surface area contributed by atoms with E-state index in [0.717, 1.165) is 11.1 Å². The summed E-state index contributed by atoms with van der Waals surface area (Å²) in [5.41, 5.74) is 1.75. The van der Waals surface area contributed by atoms with Crippen molar-refractivity contribution in [2.45, 2.75) is 19.0 Å². The fourth-order valence-electron chi connectivity index (χ4n) is 3.27. The highest BCUT2D eigenvalue weighted by Crippen LogP contribution is 2.18. The third-order valence-corrected chi connectivity index (χ3v) is 5.21. The van der Waals surface area contributed by atoms with E-state index in [1.807, 2.05) is 42.5 Å². The molecular formula is C25H24ClFN2O3. The fraction of sp³-hybridized carbons (Fsp3) is 0.200. The van der Waals surface area contributed by atoms with E-state index < -0.39 is 11.9 Å². The predicted molar refractivity (Wildman–Crippen MR) is 122 cm³/mol. The molecule has 1 atom stereocenters. The summed E-state index contributed by atoms with van der Waals surface area (Å²) in [6.45, 7) is -0.0881. The smallest absolute Gasteiger partial charge is 0.261 e. The average Bonchev–Trinajstić information content (AvgIpc) is 2.82. The number of likely N-dealkylation sites (N-methyl/N-ethyl adjacent to an activating group) is 1. The highest BCUT2D eigenvalue weighted by atomic mass is 35.5. The van der Waals surface area contributed by atoms with Crippen LogP contribution in [0.25, 0.3) is 0 Å². The second-order valence-electron chi connectivity index (χ2n) is 7.21. The number of rotatable bonds is 9. The summed E-state index contributed by atoms with van der Waals surface area (Å²) in [5.74, 6) is -0.673. The van der Waals surface area contributed by atoms with E-state index in [1.165, 1.54) is 29.2 Å². The van der Waals surface area contributed by atoms with E-state index in [1.54, 1.807) is 19.2 Å². The molecule has 0 saturated carbocycles. The monoisotopic (exact) mass is 454 g/mol. The van der Waals surface area contributed by atoms with E-state index in [2.05, 4.69) is 5.32 Å². The van der Waals surface area contributed by atoms with Gasteiger partial charge in [-0.25, -0.2) is 4.39 Å². The molecule has 1 N–H and O–H groups in total. The number of carbonyl (C=O) groups is 2. The minimum absolute atomic E-state index is 0.202. The Kier molecular flexibility index (Phi) is 8.22. The van der Waals surface area contributed by atoms with Gasteiger partial charge in [-0.3, -0.25) is 9.59 Å². The Bertz CT molecular complexity index is 1030. The van der Waals surface area contributed by atoms with Crippen LogP contribution in [0.5, 0.6) is 5.75 Å². The number of hydrogen-bond donors (Lipinski definition) is 1. The minimum atomic E-state index is -0.748. The van der Waals surface area contributed by atoms with Crippen molar-refractivity contribution in [3.63, 3.8) is 0 Å². The summed E-state index contributed by atoms with van der Waals surface area (Å²) >= 11 is 5.99. The van der Waals surface area contributed by atoms with Crippen molar-refractivity contribution in [2.24, 2.45) is 0 Å². The van der Waals surface area contributed by atoms with E-state index >= 15 is 0 Å². The van der Waals surface area contributed by atoms with Crippen LogP contribution in [-0.2, 0) is 22.6 Å². The first kappa shape index (κ1) is 23.3. The highest BCUT2D eigenvalue weighted by molar-refractivity contribution is 6.30. The summed E-state index contributed by atoms with van der Waals surface area (Å²) in [7, 11) is 1.54. The molecule has 0 bridgehead atoms. The van der Waals surface area contributed by atoms with Crippen LogP contribution >= 0.6 is 11.6 Å². The Balaban J connectivity index is 1.85. The minimum Gasteiger partial charge on any atom is -0.484 e. The Morgan fingerprint density at radius 3 is 2.25 bits per heavy atom. The lowest BCUT2D eigenvalue weighted by atomic mass is 10.0. The maximum absolute atomic E-state index is 13.2. The van der Waals surface area contributed by atoms with Gasteiger partial charge >= 0.3 is 0 Å². The lowest BCUT2D eigenvalue weighted by Crippen LogP contribution is -2.51. The summed E-state index contributed by atoms with van der Waals surface area (Å²) < 4.78 is 18.7. The van der Waals surface area contributed by atoms with Crippen LogP contribution in [0.3, 0.4) is 0 Å². The third kappa shape index (κ3) is 6.56. The predicted octanol–water partition coefficient (Wildman–Crippen LogP) is 4.24. The molecule has 3 rings (SSSR count). The largest absolute Gasteiger partial charge is 0.484 e. The SMILES string of the molecule is CNC(=O)[C@H](Cc1ccccc1)N(Cc1ccc(Cl)cc1)C(=O)COc1ccc(F)cc1. The van der Waals surface area contributed by atoms with Crippen molar-refractivity contribution >= 4 is 23.4 Å². The Labute approximate surface area is 191 Å². The van der Waals surface area contributed by atoms with Gasteiger partial charge in [0.2, 0.25) is 5.91 Å². The summed E-state index contributed by atoms with van der Waals surface area (Å²) in [5, 5.41) is 3.24. The zero-order valence-electron chi connectivity index (χ0n) is 17.6. The molecule has 0 unspecified atom stereocenters. The topological polar surface area (TPSA) is 58.6 Å². The molecule has 0 heterocycles. The normalized spacial score (nSPS) is 11.5. The molecule has 0 spiro atoms. The molecule has 3 aromatic rings. The van der Waals surface area contributed by atoms with Crippen LogP contribution in [-0.4, -0.2) is 36.4 Å². The van der Waals surface area contributed by atoms with Gasteiger partial charge in [0.15, 0.2) is 6.61 Å². The number of ether oxygens (including phenoxy) is 1. The third-order valence-electron chi connectivity index (χ3n) is 4.96. The quantitative estimate of drug-likeness (QED) is 0.526. The molecule has 2 amide bonds. The average molecular weight is 455 g/mol. The zero-order valence-corrected chi connectivity index (χ0v) is 18.4. The van der Waals surface area contributed by atoms with Crippen LogP contribution in [0.2, 0.25) is 5.02 Å². The van der Waals surface area contributed by atoms with E-state index in [9.17, 15) is 14.0 Å². The lowest BCUT2D eigenvalue weighted by molar-refractivity contribution is -0.142. The van der Waals surface area contributed by atoms with Gasteiger partial charge in [-0.2, -0.15) is 0 Å². The molecule has 0 aliphatic carbocycles. The molecule has 7 heteroatoms. The fourth-order valence-corrected chi connectivity index (χ4v) is 3.39. The van der Waals surface area contributed by atoms with E-state index in [4.69, 9.17) is 16.3 Å². The Morgan fingerprint density at radius 1 is 0.969 bits per heavy atom. The van der Waals surface area contributed by atoms with Crippen molar-refractivity contribution in [1.82, 2.24) is 10.2 Å². The van der Waals surface area contributed by atoms with Gasteiger partial charge in [0.25, 0.3) is 5.91 Å². The molecular weight excluding hydrogens is 431 g/mol. The lowest BCUT2D eigenvalue weighted by Gasteiger charge is -2.31. The van der Waals surface area contributed by atoms with Crippen molar-refractivity contribution in [3.05, 3.63) is 101 Å². The first-order valence-corrected chi connectivity index (χ1v) is 10.5. The first-order chi connectivity index (χ1) is 15.5. The van der Waals surface area contributed by atoms with Crippen molar-refractivity contribution in [3.8, 4) is 5.75 Å². The van der Waals surface area contributed by atoms with E-state index in [0.29, 0.717) is 17.2 Å². The molecule has 5 nitrogen and oxygen atoms in total. The van der Waals surface area contributed by atoms with E-state index in [-0.39, 0.29) is 25.0 Å². The first-order valence-electron chi connectivity index (χ1n) is 10.1.